The van der Waals surface area contributed by atoms with E-state index in [1.165, 1.54) is 18.7 Å². The Kier molecular flexibility index (Phi) is 10.5. The first kappa shape index (κ1) is 35.1. The highest BCUT2D eigenvalue weighted by atomic mass is 35.5. The number of ketones is 2. The summed E-state index contributed by atoms with van der Waals surface area (Å²) in [4.78, 5) is 78.5. The minimum Gasteiger partial charge on any atom is -0.464 e. The maximum atomic E-state index is 14.1. The Morgan fingerprint density at radius 1 is 0.930 bits per heavy atom. The summed E-state index contributed by atoms with van der Waals surface area (Å²) in [7, 11) is 0. The van der Waals surface area contributed by atoms with Crippen LogP contribution in [0, 0.1) is 28.6 Å². The first-order valence-electron chi connectivity index (χ1n) is 14.9. The highest BCUT2D eigenvalue weighted by molar-refractivity contribution is 6.51. The van der Waals surface area contributed by atoms with E-state index in [0.717, 1.165) is 19.3 Å². The van der Waals surface area contributed by atoms with Gasteiger partial charge in [0.15, 0.2) is 5.78 Å². The van der Waals surface area contributed by atoms with Crippen LogP contribution in [0.25, 0.3) is 0 Å². The normalized spacial score (nSPS) is 24.9. The fraction of sp³-hybridized carbons (Fsp3) is 0.800. The van der Waals surface area contributed by atoms with Gasteiger partial charge >= 0.3 is 12.0 Å². The molecular weight excluding hydrogens is 599 g/mol. The van der Waals surface area contributed by atoms with E-state index in [2.05, 4.69) is 16.0 Å². The number of esters is 1. The van der Waals surface area contributed by atoms with Gasteiger partial charge in [-0.1, -0.05) is 60.8 Å². The smallest absolute Gasteiger partial charge is 0.315 e. The Morgan fingerprint density at radius 3 is 2.00 bits per heavy atom. The molecule has 3 rings (SSSR count). The molecule has 242 valence electrons. The van der Waals surface area contributed by atoms with E-state index < -0.39 is 80.6 Å². The van der Waals surface area contributed by atoms with Gasteiger partial charge in [0.2, 0.25) is 17.6 Å². The first-order valence-corrected chi connectivity index (χ1v) is 15.7. The summed E-state index contributed by atoms with van der Waals surface area (Å²) in [5, 5.41) is 8.33. The summed E-state index contributed by atoms with van der Waals surface area (Å²) >= 11 is 13.0. The summed E-state index contributed by atoms with van der Waals surface area (Å²) in [5.74, 6) is -3.62. The van der Waals surface area contributed by atoms with Crippen molar-refractivity contribution in [3.8, 4) is 0 Å². The molecule has 1 heterocycles. The number of carbonyl (C=O) groups is 6. The minimum atomic E-state index is -1.22. The van der Waals surface area contributed by atoms with Gasteiger partial charge in [-0.25, -0.2) is 4.79 Å². The van der Waals surface area contributed by atoms with Gasteiger partial charge in [0.25, 0.3) is 0 Å². The van der Waals surface area contributed by atoms with Crippen molar-refractivity contribution in [2.75, 3.05) is 13.2 Å². The number of nitrogens with zero attached hydrogens (tertiary/aromatic N) is 1. The number of amides is 4. The van der Waals surface area contributed by atoms with Crippen LogP contribution in [0.4, 0.5) is 4.79 Å². The monoisotopic (exact) mass is 644 g/mol. The van der Waals surface area contributed by atoms with Crippen LogP contribution in [0.1, 0.15) is 81.1 Å². The summed E-state index contributed by atoms with van der Waals surface area (Å²) < 4.78 is 3.92. The number of rotatable bonds is 11. The molecule has 1 unspecified atom stereocenters. The fourth-order valence-corrected chi connectivity index (χ4v) is 6.61. The van der Waals surface area contributed by atoms with Gasteiger partial charge in [-0.05, 0) is 23.2 Å². The predicted molar refractivity (Wildman–Crippen MR) is 161 cm³/mol. The molecule has 0 radical (unpaired) electrons. The highest BCUT2D eigenvalue weighted by Gasteiger charge is 2.74. The number of piperidine rings is 1. The maximum Gasteiger partial charge on any atom is 0.315 e. The number of ether oxygens (including phenoxy) is 1. The molecule has 0 spiro atoms. The molecule has 0 bridgehead atoms. The van der Waals surface area contributed by atoms with E-state index in [1.54, 1.807) is 20.8 Å². The van der Waals surface area contributed by atoms with Gasteiger partial charge in [0.05, 0.1) is 12.1 Å². The zero-order chi connectivity index (χ0) is 32.7. The average Bonchev–Trinajstić information content (AvgIpc) is 3.17. The fourth-order valence-electron chi connectivity index (χ4n) is 5.78. The third-order valence-electron chi connectivity index (χ3n) is 8.85. The minimum absolute atomic E-state index is 0.0490. The lowest BCUT2D eigenvalue weighted by Crippen LogP contribution is -2.62. The van der Waals surface area contributed by atoms with Crippen LogP contribution in [0.3, 0.4) is 0 Å². The molecule has 11 nitrogen and oxygen atoms in total. The number of hydrogen-bond acceptors (Lipinski definition) is 7. The van der Waals surface area contributed by atoms with E-state index in [-0.39, 0.29) is 25.0 Å². The Hall–Kier alpha value is -2.40. The lowest BCUT2D eigenvalue weighted by atomic mass is 9.80. The number of urea groups is 1. The largest absolute Gasteiger partial charge is 0.464 e. The summed E-state index contributed by atoms with van der Waals surface area (Å²) in [6.07, 6.45) is 3.21. The first-order chi connectivity index (χ1) is 19.7. The number of halogens is 2. The van der Waals surface area contributed by atoms with Crippen molar-refractivity contribution in [3.63, 3.8) is 0 Å². The Bertz CT molecular complexity index is 1140. The molecule has 0 aromatic heterocycles. The van der Waals surface area contributed by atoms with Crippen molar-refractivity contribution in [3.05, 3.63) is 0 Å². The van der Waals surface area contributed by atoms with Crippen molar-refractivity contribution in [1.29, 1.82) is 0 Å². The molecule has 43 heavy (non-hydrogen) atoms. The SMILES string of the molecule is CC(=O)OCC(NC(=O)N[C@H](C(=O)N1C[C@H]2[C@@H]([C@H]1C(=O)N[C@@H](CC1CCC1)C(=O)C(C)=O)C2(Cl)Cl)C(C)(C)C)C(C)(C)C. The molecule has 3 aliphatic rings. The van der Waals surface area contributed by atoms with E-state index in [9.17, 15) is 28.8 Å². The van der Waals surface area contributed by atoms with Gasteiger partial charge in [0.1, 0.15) is 23.0 Å². The number of carbonyl (C=O) groups excluding carboxylic acids is 6. The van der Waals surface area contributed by atoms with Gasteiger partial charge < -0.3 is 25.6 Å². The summed E-state index contributed by atoms with van der Waals surface area (Å²) in [6, 6.07) is -4.33. The van der Waals surface area contributed by atoms with E-state index in [0.29, 0.717) is 6.42 Å². The molecule has 4 amide bonds. The van der Waals surface area contributed by atoms with Crippen LogP contribution in [0.2, 0.25) is 0 Å². The molecule has 1 aliphatic heterocycles. The lowest BCUT2D eigenvalue weighted by Gasteiger charge is -2.38. The number of nitrogens with one attached hydrogen (secondary N) is 3. The van der Waals surface area contributed by atoms with Gasteiger partial charge in [-0.2, -0.15) is 0 Å². The predicted octanol–water partition coefficient (Wildman–Crippen LogP) is 3.14. The summed E-state index contributed by atoms with van der Waals surface area (Å²) in [6.45, 7) is 13.5. The van der Waals surface area contributed by atoms with Crippen LogP contribution in [0.5, 0.6) is 0 Å². The highest BCUT2D eigenvalue weighted by Crippen LogP contribution is 2.65. The summed E-state index contributed by atoms with van der Waals surface area (Å²) in [5.41, 5.74) is -1.24. The van der Waals surface area contributed by atoms with E-state index in [1.807, 2.05) is 20.8 Å². The molecule has 2 saturated carbocycles. The molecule has 2 aliphatic carbocycles. The second-order valence-corrected chi connectivity index (χ2v) is 15.8. The second kappa shape index (κ2) is 12.9. The van der Waals surface area contributed by atoms with Crippen molar-refractivity contribution < 1.29 is 33.5 Å². The second-order valence-electron chi connectivity index (χ2n) is 14.4. The maximum absolute atomic E-state index is 14.1. The van der Waals surface area contributed by atoms with Crippen LogP contribution < -0.4 is 16.0 Å². The quantitative estimate of drug-likeness (QED) is 0.178. The molecule has 0 aromatic rings. The van der Waals surface area contributed by atoms with Crippen molar-refractivity contribution in [1.82, 2.24) is 20.9 Å². The van der Waals surface area contributed by atoms with Crippen LogP contribution in [0.15, 0.2) is 0 Å². The molecule has 1 saturated heterocycles. The van der Waals surface area contributed by atoms with Crippen molar-refractivity contribution >= 4 is 58.6 Å². The number of Topliss-reactive ketones (excluding diaryl/α,β-unsaturated/α-hetero) is 2. The average molecular weight is 646 g/mol. The van der Waals surface area contributed by atoms with Crippen molar-refractivity contribution in [2.45, 2.75) is 110 Å². The molecule has 6 atom stereocenters. The van der Waals surface area contributed by atoms with Gasteiger partial charge in [-0.15, -0.1) is 23.2 Å². The molecule has 3 fully saturated rings. The topological polar surface area (TPSA) is 151 Å². The lowest BCUT2D eigenvalue weighted by molar-refractivity contribution is -0.144. The Labute approximate surface area is 263 Å². The third kappa shape index (κ3) is 8.21. The number of likely N-dealkylation sites (tertiary alicyclic amines) is 1. The number of fused-ring (bicyclic) bond motifs is 1. The van der Waals surface area contributed by atoms with Gasteiger partial charge in [0, 0.05) is 32.2 Å². The van der Waals surface area contributed by atoms with Gasteiger partial charge in [-0.3, -0.25) is 24.0 Å². The molecule has 0 aromatic carbocycles. The van der Waals surface area contributed by atoms with Crippen LogP contribution >= 0.6 is 23.2 Å². The Balaban J connectivity index is 1.81. The zero-order valence-electron chi connectivity index (χ0n) is 26.3. The number of hydrogen-bond donors (Lipinski definition) is 3. The molecule has 13 heteroatoms. The standard InChI is InChI=1S/C30H46Cl2N4O7/c1-15(37)23(39)19(12-17-10-9-11-17)33-25(40)22-21-18(30(21,31)32)13-36(22)26(41)24(29(6,7)8)35-27(42)34-20(28(3,4)5)14-43-16(2)38/h17-22,24H,9-14H2,1-8H3,(H,33,40)(H2,34,35,42)/t18-,19-,20?,21-,22-,24+/m0/s1. The van der Waals surface area contributed by atoms with E-state index in [4.69, 9.17) is 27.9 Å². The third-order valence-corrected chi connectivity index (χ3v) is 9.91. The molecular formula is C30H46Cl2N4O7. The number of alkyl halides is 2. The molecule has 3 N–H and O–H groups in total. The Morgan fingerprint density at radius 2 is 1.53 bits per heavy atom. The van der Waals surface area contributed by atoms with Crippen LogP contribution in [-0.4, -0.2) is 81.9 Å². The van der Waals surface area contributed by atoms with Crippen molar-refractivity contribution in [2.24, 2.45) is 28.6 Å². The van der Waals surface area contributed by atoms with E-state index >= 15 is 0 Å². The van der Waals surface area contributed by atoms with Crippen LogP contribution in [-0.2, 0) is 28.7 Å². The zero-order valence-corrected chi connectivity index (χ0v) is 27.9.